The molecule has 5 N–H and O–H groups in total. The average molecular weight is 515 g/mol. The third kappa shape index (κ3) is 7.42. The van der Waals surface area contributed by atoms with Gasteiger partial charge in [-0.3, -0.25) is 14.4 Å². The summed E-state index contributed by atoms with van der Waals surface area (Å²) in [5.74, 6) is -0.696. The Labute approximate surface area is 219 Å². The van der Waals surface area contributed by atoms with Crippen LogP contribution in [0.3, 0.4) is 0 Å². The molecular formula is C28H42N4O5. The molecule has 9 nitrogen and oxygen atoms in total. The van der Waals surface area contributed by atoms with Crippen LogP contribution in [0.2, 0.25) is 0 Å². The van der Waals surface area contributed by atoms with E-state index >= 15 is 0 Å². The zero-order chi connectivity index (χ0) is 28.1. The number of carbonyl (C=O) groups excluding carboxylic acids is 3. The maximum absolute atomic E-state index is 13.6. The second-order valence-corrected chi connectivity index (χ2v) is 11.0. The molecule has 204 valence electrons. The number of amides is 3. The summed E-state index contributed by atoms with van der Waals surface area (Å²) in [4.78, 5) is 41.9. The Kier molecular flexibility index (Phi) is 10.1. The number of rotatable bonds is 11. The van der Waals surface area contributed by atoms with Gasteiger partial charge in [-0.2, -0.15) is 0 Å². The highest BCUT2D eigenvalue weighted by Crippen LogP contribution is 2.30. The topological polar surface area (TPSA) is 143 Å². The van der Waals surface area contributed by atoms with Crippen LogP contribution in [0.5, 0.6) is 0 Å². The minimum Gasteiger partial charge on any atom is -0.465 e. The first kappa shape index (κ1) is 30.1. The number of hydrogen-bond acceptors (Lipinski definition) is 6. The van der Waals surface area contributed by atoms with E-state index in [0.29, 0.717) is 23.5 Å². The molecule has 3 atom stereocenters. The summed E-state index contributed by atoms with van der Waals surface area (Å²) in [7, 11) is 3.05. The van der Waals surface area contributed by atoms with Gasteiger partial charge in [0.15, 0.2) is 0 Å². The Morgan fingerprint density at radius 1 is 1.00 bits per heavy atom. The van der Waals surface area contributed by atoms with Crippen molar-refractivity contribution in [1.82, 2.24) is 9.80 Å². The summed E-state index contributed by atoms with van der Waals surface area (Å²) in [5, 5.41) is 9.76. The van der Waals surface area contributed by atoms with Gasteiger partial charge < -0.3 is 30.8 Å². The number of carbonyl (C=O) groups is 3. The molecule has 1 aromatic carbocycles. The summed E-state index contributed by atoms with van der Waals surface area (Å²) in [6.07, 6.45) is 0.376. The van der Waals surface area contributed by atoms with Gasteiger partial charge in [-0.05, 0) is 24.0 Å². The Bertz CT molecular complexity index is 1070. The van der Waals surface area contributed by atoms with E-state index in [1.54, 1.807) is 13.1 Å². The molecule has 37 heavy (non-hydrogen) atoms. The van der Waals surface area contributed by atoms with Gasteiger partial charge in [-0.1, -0.05) is 65.0 Å². The van der Waals surface area contributed by atoms with Crippen LogP contribution in [-0.2, 0) is 39.2 Å². The zero-order valence-corrected chi connectivity index (χ0v) is 23.0. The van der Waals surface area contributed by atoms with Gasteiger partial charge in [0, 0.05) is 31.5 Å². The maximum atomic E-state index is 13.6. The van der Waals surface area contributed by atoms with Gasteiger partial charge in [0.05, 0.1) is 12.6 Å². The van der Waals surface area contributed by atoms with Gasteiger partial charge in [-0.15, -0.1) is 0 Å². The van der Waals surface area contributed by atoms with Crippen LogP contribution in [0.4, 0.5) is 0 Å². The van der Waals surface area contributed by atoms with Crippen molar-refractivity contribution in [3.05, 3.63) is 59.0 Å². The zero-order valence-electron chi connectivity index (χ0n) is 23.0. The van der Waals surface area contributed by atoms with E-state index in [-0.39, 0.29) is 30.3 Å². The van der Waals surface area contributed by atoms with Crippen molar-refractivity contribution in [3.8, 4) is 0 Å². The van der Waals surface area contributed by atoms with Crippen molar-refractivity contribution >= 4 is 17.7 Å². The Hall–Kier alpha value is -3.17. The first-order valence-electron chi connectivity index (χ1n) is 12.5. The predicted molar refractivity (Wildman–Crippen MR) is 142 cm³/mol. The molecule has 0 aliphatic heterocycles. The maximum Gasteiger partial charge on any atom is 0.246 e. The number of hydrogen-bond donors (Lipinski definition) is 3. The first-order chi connectivity index (χ1) is 17.2. The summed E-state index contributed by atoms with van der Waals surface area (Å²) < 4.78 is 5.98. The molecule has 0 radical (unpaired) electrons. The molecule has 1 aromatic heterocycles. The predicted octanol–water partition coefficient (Wildman–Crippen LogP) is 1.98. The van der Waals surface area contributed by atoms with E-state index in [1.807, 2.05) is 65.0 Å². The number of furan rings is 1. The Balaban J connectivity index is 2.25. The van der Waals surface area contributed by atoms with Crippen LogP contribution < -0.4 is 11.5 Å². The van der Waals surface area contributed by atoms with E-state index in [9.17, 15) is 19.5 Å². The third-order valence-electron chi connectivity index (χ3n) is 6.51. The third-order valence-corrected chi connectivity index (χ3v) is 6.51. The molecule has 2 rings (SSSR count). The number of benzene rings is 1. The molecule has 3 amide bonds. The van der Waals surface area contributed by atoms with Crippen molar-refractivity contribution in [2.24, 2.45) is 17.4 Å². The summed E-state index contributed by atoms with van der Waals surface area (Å²) >= 11 is 0. The molecule has 0 spiro atoms. The standard InChI is InChI=1S/C28H42N4O5/c1-17(2)23(32(7)26(35)21(29)13-18-11-9-8-10-12-18)27(36)31(6)22(25(30)34)15-20-14-19(16-33)24(37-20)28(3,4)5/h8-12,14,17,21-23,33H,13,15-16,29H2,1-7H3,(H2,30,34)/t21-,22?,23?/m0/s1. The van der Waals surface area contributed by atoms with Crippen molar-refractivity contribution < 1.29 is 23.9 Å². The fourth-order valence-corrected chi connectivity index (χ4v) is 4.57. The number of nitrogens with zero attached hydrogens (tertiary/aromatic N) is 2. The second-order valence-electron chi connectivity index (χ2n) is 11.0. The van der Waals surface area contributed by atoms with Crippen LogP contribution in [0.1, 0.15) is 57.3 Å². The highest BCUT2D eigenvalue weighted by molar-refractivity contribution is 5.92. The molecular weight excluding hydrogens is 472 g/mol. The van der Waals surface area contributed by atoms with Gasteiger partial charge in [-0.25, -0.2) is 0 Å². The molecule has 0 aliphatic rings. The highest BCUT2D eigenvalue weighted by Gasteiger charge is 2.38. The fraction of sp³-hybridized carbons (Fsp3) is 0.536. The number of likely N-dealkylation sites (N-methyl/N-ethyl adjacent to an activating group) is 2. The summed E-state index contributed by atoms with van der Waals surface area (Å²) in [6.45, 7) is 9.32. The lowest BCUT2D eigenvalue weighted by Gasteiger charge is -2.36. The molecule has 0 fully saturated rings. The average Bonchev–Trinajstić information content (AvgIpc) is 3.25. The van der Waals surface area contributed by atoms with E-state index in [4.69, 9.17) is 15.9 Å². The second kappa shape index (κ2) is 12.4. The first-order valence-corrected chi connectivity index (χ1v) is 12.5. The van der Waals surface area contributed by atoms with E-state index < -0.39 is 29.9 Å². The quantitative estimate of drug-likeness (QED) is 0.418. The largest absolute Gasteiger partial charge is 0.465 e. The van der Waals surface area contributed by atoms with Crippen LogP contribution in [-0.4, -0.2) is 64.8 Å². The monoisotopic (exact) mass is 514 g/mol. The van der Waals surface area contributed by atoms with Gasteiger partial charge in [0.2, 0.25) is 17.7 Å². The molecule has 0 saturated heterocycles. The summed E-state index contributed by atoms with van der Waals surface area (Å²) in [6, 6.07) is 8.43. The molecule has 1 heterocycles. The summed E-state index contributed by atoms with van der Waals surface area (Å²) in [5.41, 5.74) is 13.1. The number of primary amides is 1. The van der Waals surface area contributed by atoms with Crippen LogP contribution in [0.25, 0.3) is 0 Å². The molecule has 2 unspecified atom stereocenters. The lowest BCUT2D eigenvalue weighted by Crippen LogP contribution is -2.58. The number of aliphatic hydroxyl groups is 1. The highest BCUT2D eigenvalue weighted by atomic mass is 16.3. The van der Waals surface area contributed by atoms with Crippen LogP contribution in [0.15, 0.2) is 40.8 Å². The fourth-order valence-electron chi connectivity index (χ4n) is 4.57. The van der Waals surface area contributed by atoms with E-state index in [0.717, 1.165) is 5.56 Å². The number of nitrogens with two attached hydrogens (primary N) is 2. The smallest absolute Gasteiger partial charge is 0.246 e. The Morgan fingerprint density at radius 3 is 2.05 bits per heavy atom. The van der Waals surface area contributed by atoms with Crippen LogP contribution >= 0.6 is 0 Å². The van der Waals surface area contributed by atoms with Gasteiger partial charge in [0.25, 0.3) is 0 Å². The minimum absolute atomic E-state index is 0.0383. The Morgan fingerprint density at radius 2 is 1.59 bits per heavy atom. The number of aliphatic hydroxyl groups excluding tert-OH is 1. The van der Waals surface area contributed by atoms with Gasteiger partial charge in [0.1, 0.15) is 23.6 Å². The van der Waals surface area contributed by atoms with Crippen molar-refractivity contribution in [1.29, 1.82) is 0 Å². The molecule has 9 heteroatoms. The van der Waals surface area contributed by atoms with Crippen molar-refractivity contribution in [3.63, 3.8) is 0 Å². The van der Waals surface area contributed by atoms with E-state index in [1.165, 1.54) is 16.8 Å². The lowest BCUT2D eigenvalue weighted by atomic mass is 9.91. The van der Waals surface area contributed by atoms with Crippen molar-refractivity contribution in [2.75, 3.05) is 14.1 Å². The normalized spacial score (nSPS) is 14.2. The SMILES string of the molecule is CC(C)C(C(=O)N(C)C(Cc1cc(CO)c(C(C)(C)C)o1)C(N)=O)N(C)C(=O)[C@@H](N)Cc1ccccc1. The molecule has 2 aromatic rings. The van der Waals surface area contributed by atoms with E-state index in [2.05, 4.69) is 0 Å². The molecule has 0 saturated carbocycles. The minimum atomic E-state index is -1.01. The lowest BCUT2D eigenvalue weighted by molar-refractivity contribution is -0.149. The van der Waals surface area contributed by atoms with Crippen molar-refractivity contribution in [2.45, 2.75) is 77.6 Å². The van der Waals surface area contributed by atoms with Crippen LogP contribution in [0, 0.1) is 5.92 Å². The molecule has 0 bridgehead atoms. The molecule has 0 aliphatic carbocycles. The van der Waals surface area contributed by atoms with Gasteiger partial charge >= 0.3 is 0 Å².